The highest BCUT2D eigenvalue weighted by Crippen LogP contribution is 2.28. The molecule has 1 saturated heterocycles. The topological polar surface area (TPSA) is 110 Å². The van der Waals surface area contributed by atoms with Gasteiger partial charge in [0.1, 0.15) is 17.8 Å². The number of carbonyl (C=O) groups is 1. The van der Waals surface area contributed by atoms with Gasteiger partial charge in [-0.15, -0.1) is 0 Å². The van der Waals surface area contributed by atoms with Crippen LogP contribution in [0.3, 0.4) is 0 Å². The fraction of sp³-hybridized carbons (Fsp3) is 0.304. The van der Waals surface area contributed by atoms with E-state index in [4.69, 9.17) is 9.40 Å². The van der Waals surface area contributed by atoms with Gasteiger partial charge in [0.25, 0.3) is 11.7 Å². The smallest absolute Gasteiger partial charge is 0.254 e. The van der Waals surface area contributed by atoms with Crippen LogP contribution in [0, 0.1) is 13.8 Å². The van der Waals surface area contributed by atoms with E-state index in [1.54, 1.807) is 15.5 Å². The zero-order valence-corrected chi connectivity index (χ0v) is 19.1. The fourth-order valence-electron chi connectivity index (χ4n) is 4.61. The lowest BCUT2D eigenvalue weighted by Gasteiger charge is -2.36. The summed E-state index contributed by atoms with van der Waals surface area (Å²) >= 11 is 0. The normalized spacial score (nSPS) is 14.4. The maximum Gasteiger partial charge on any atom is 0.254 e. The van der Waals surface area contributed by atoms with Crippen molar-refractivity contribution < 1.29 is 9.21 Å². The van der Waals surface area contributed by atoms with Crippen LogP contribution in [0.15, 0.2) is 41.3 Å². The number of piperazine rings is 1. The second-order valence-electron chi connectivity index (χ2n) is 8.45. The fourth-order valence-corrected chi connectivity index (χ4v) is 4.61. The zero-order chi connectivity index (χ0) is 23.4. The summed E-state index contributed by atoms with van der Waals surface area (Å²) in [5.74, 6) is 2.09. The number of anilines is 1. The first-order chi connectivity index (χ1) is 16.5. The minimum Gasteiger partial charge on any atom is -0.463 e. The van der Waals surface area contributed by atoms with Crippen molar-refractivity contribution in [1.82, 2.24) is 39.2 Å². The van der Waals surface area contributed by atoms with Crippen molar-refractivity contribution >= 4 is 28.5 Å². The number of amides is 1. The Balaban J connectivity index is 1.32. The van der Waals surface area contributed by atoms with E-state index in [9.17, 15) is 4.79 Å². The monoisotopic (exact) mass is 457 g/mol. The Hall–Kier alpha value is -4.28. The predicted octanol–water partition coefficient (Wildman–Crippen LogP) is 2.25. The molecule has 6 rings (SSSR count). The summed E-state index contributed by atoms with van der Waals surface area (Å²) in [5, 5.41) is 9.60. The molecule has 0 saturated carbocycles. The first-order valence-electron chi connectivity index (χ1n) is 11.1. The van der Waals surface area contributed by atoms with Crippen LogP contribution in [-0.2, 0) is 7.05 Å². The lowest BCUT2D eigenvalue weighted by atomic mass is 10.1. The molecule has 1 amide bonds. The number of aryl methyl sites for hydroxylation is 3. The van der Waals surface area contributed by atoms with Gasteiger partial charge >= 0.3 is 0 Å². The van der Waals surface area contributed by atoms with Crippen LogP contribution < -0.4 is 4.90 Å². The van der Waals surface area contributed by atoms with Crippen molar-refractivity contribution in [3.63, 3.8) is 0 Å². The lowest BCUT2D eigenvalue weighted by molar-refractivity contribution is 0.0748. The van der Waals surface area contributed by atoms with Crippen LogP contribution in [0.4, 0.5) is 5.82 Å². The molecule has 11 heteroatoms. The molecule has 11 nitrogen and oxygen atoms in total. The molecule has 172 valence electrons. The SMILES string of the molecule is Cc1cc(N2CCN(C(=O)c3cc(-c4ccco4)nc4c3c(C)nn4C)CC2)n2ncnc2n1. The van der Waals surface area contributed by atoms with Gasteiger partial charge < -0.3 is 14.2 Å². The van der Waals surface area contributed by atoms with Crippen LogP contribution in [0.2, 0.25) is 0 Å². The highest BCUT2D eigenvalue weighted by molar-refractivity contribution is 6.07. The second kappa shape index (κ2) is 7.65. The Morgan fingerprint density at radius 2 is 1.91 bits per heavy atom. The van der Waals surface area contributed by atoms with Gasteiger partial charge in [-0.1, -0.05) is 0 Å². The minimum absolute atomic E-state index is 0.0345. The Morgan fingerprint density at radius 3 is 2.68 bits per heavy atom. The number of aromatic nitrogens is 7. The largest absolute Gasteiger partial charge is 0.463 e. The molecule has 1 aliphatic heterocycles. The second-order valence-corrected chi connectivity index (χ2v) is 8.45. The van der Waals surface area contributed by atoms with E-state index in [1.165, 1.54) is 6.33 Å². The quantitative estimate of drug-likeness (QED) is 0.406. The van der Waals surface area contributed by atoms with Crippen molar-refractivity contribution in [3.8, 4) is 11.5 Å². The molecule has 0 spiro atoms. The van der Waals surface area contributed by atoms with Crippen molar-refractivity contribution in [1.29, 1.82) is 0 Å². The average molecular weight is 457 g/mol. The van der Waals surface area contributed by atoms with Crippen LogP contribution in [0.25, 0.3) is 28.3 Å². The van der Waals surface area contributed by atoms with E-state index in [0.29, 0.717) is 54.6 Å². The van der Waals surface area contributed by atoms with E-state index in [2.05, 4.69) is 25.1 Å². The van der Waals surface area contributed by atoms with Gasteiger partial charge in [-0.3, -0.25) is 9.48 Å². The molecule has 6 heterocycles. The third kappa shape index (κ3) is 3.19. The molecule has 0 bridgehead atoms. The van der Waals surface area contributed by atoms with E-state index in [-0.39, 0.29) is 5.91 Å². The van der Waals surface area contributed by atoms with Gasteiger partial charge in [0.15, 0.2) is 11.4 Å². The molecule has 1 aliphatic rings. The molecular weight excluding hydrogens is 434 g/mol. The van der Waals surface area contributed by atoms with E-state index >= 15 is 0 Å². The Kier molecular flexibility index (Phi) is 4.57. The average Bonchev–Trinajstić information content (AvgIpc) is 3.59. The third-order valence-electron chi connectivity index (χ3n) is 6.22. The summed E-state index contributed by atoms with van der Waals surface area (Å²) < 4.78 is 9.01. The Labute approximate surface area is 194 Å². The van der Waals surface area contributed by atoms with Gasteiger partial charge in [0, 0.05) is 45.0 Å². The number of hydrogen-bond donors (Lipinski definition) is 0. The molecule has 0 aliphatic carbocycles. The molecular formula is C23H23N9O2. The van der Waals surface area contributed by atoms with E-state index in [1.807, 2.05) is 50.1 Å². The van der Waals surface area contributed by atoms with Gasteiger partial charge in [-0.05, 0) is 32.0 Å². The molecule has 5 aromatic heterocycles. The van der Waals surface area contributed by atoms with Crippen LogP contribution in [0.1, 0.15) is 21.7 Å². The number of pyridine rings is 1. The van der Waals surface area contributed by atoms with Crippen LogP contribution >= 0.6 is 0 Å². The minimum atomic E-state index is -0.0345. The van der Waals surface area contributed by atoms with Gasteiger partial charge in [-0.2, -0.15) is 19.7 Å². The standard InChI is InChI=1S/C23H23N9O2/c1-14-11-19(32-23(26-14)24-13-25-32)30-6-8-31(9-7-30)22(33)16-12-17(18-5-4-10-34-18)27-21-20(16)15(2)28-29(21)3/h4-5,10-13H,6-9H2,1-3H3. The number of carbonyl (C=O) groups excluding carboxylic acids is 1. The highest BCUT2D eigenvalue weighted by Gasteiger charge is 2.27. The highest BCUT2D eigenvalue weighted by atomic mass is 16.3. The first kappa shape index (κ1) is 20.3. The lowest BCUT2D eigenvalue weighted by Crippen LogP contribution is -2.49. The summed E-state index contributed by atoms with van der Waals surface area (Å²) in [5.41, 5.74) is 3.52. The molecule has 34 heavy (non-hydrogen) atoms. The number of fused-ring (bicyclic) bond motifs is 2. The summed E-state index contributed by atoms with van der Waals surface area (Å²) in [4.78, 5) is 31.2. The molecule has 0 atom stereocenters. The summed E-state index contributed by atoms with van der Waals surface area (Å²) in [6.07, 6.45) is 3.11. The summed E-state index contributed by atoms with van der Waals surface area (Å²) in [7, 11) is 1.84. The number of nitrogens with zero attached hydrogens (tertiary/aromatic N) is 9. The predicted molar refractivity (Wildman–Crippen MR) is 125 cm³/mol. The number of hydrogen-bond acceptors (Lipinski definition) is 8. The van der Waals surface area contributed by atoms with Gasteiger partial charge in [0.2, 0.25) is 0 Å². The van der Waals surface area contributed by atoms with Crippen LogP contribution in [0.5, 0.6) is 0 Å². The van der Waals surface area contributed by atoms with Crippen LogP contribution in [-0.4, -0.2) is 71.3 Å². The Morgan fingerprint density at radius 1 is 1.09 bits per heavy atom. The van der Waals surface area contributed by atoms with E-state index in [0.717, 1.165) is 22.6 Å². The van der Waals surface area contributed by atoms with Crippen molar-refractivity contribution in [2.75, 3.05) is 31.1 Å². The molecule has 5 aromatic rings. The maximum atomic E-state index is 13.7. The molecule has 1 fully saturated rings. The molecule has 0 radical (unpaired) electrons. The first-order valence-corrected chi connectivity index (χ1v) is 11.1. The molecule has 0 N–H and O–H groups in total. The maximum absolute atomic E-state index is 13.7. The van der Waals surface area contributed by atoms with Crippen molar-refractivity contribution in [2.45, 2.75) is 13.8 Å². The van der Waals surface area contributed by atoms with E-state index < -0.39 is 0 Å². The molecule has 0 unspecified atom stereocenters. The Bertz CT molecular complexity index is 1530. The molecule has 0 aromatic carbocycles. The van der Waals surface area contributed by atoms with Gasteiger partial charge in [0.05, 0.1) is 22.9 Å². The summed E-state index contributed by atoms with van der Waals surface area (Å²) in [6.45, 7) is 6.36. The van der Waals surface area contributed by atoms with Gasteiger partial charge in [-0.25, -0.2) is 9.97 Å². The summed E-state index contributed by atoms with van der Waals surface area (Å²) in [6, 6.07) is 7.46. The number of rotatable bonds is 3. The number of furan rings is 1. The zero-order valence-electron chi connectivity index (χ0n) is 19.1. The van der Waals surface area contributed by atoms with Crippen molar-refractivity contribution in [2.24, 2.45) is 7.05 Å². The third-order valence-corrected chi connectivity index (χ3v) is 6.22. The van der Waals surface area contributed by atoms with Crippen molar-refractivity contribution in [3.05, 3.63) is 53.8 Å².